The molecular formula is C11H11F2N3O. The second kappa shape index (κ2) is 4.48. The van der Waals surface area contributed by atoms with E-state index in [1.54, 1.807) is 13.8 Å². The molecule has 0 aliphatic heterocycles. The maximum atomic E-state index is 13.3. The summed E-state index contributed by atoms with van der Waals surface area (Å²) >= 11 is 0. The molecule has 0 fully saturated rings. The fraction of sp³-hybridized carbons (Fsp3) is 0.273. The lowest BCUT2D eigenvalue weighted by molar-refractivity contribution is 0.392. The lowest BCUT2D eigenvalue weighted by atomic mass is 10.2. The molecule has 0 bridgehead atoms. The highest BCUT2D eigenvalue weighted by Gasteiger charge is 2.10. The van der Waals surface area contributed by atoms with Crippen molar-refractivity contribution < 1.29 is 13.3 Å². The summed E-state index contributed by atoms with van der Waals surface area (Å²) in [5, 5.41) is 6.55. The van der Waals surface area contributed by atoms with Gasteiger partial charge in [0.05, 0.1) is 11.9 Å². The highest BCUT2D eigenvalue weighted by atomic mass is 19.1. The monoisotopic (exact) mass is 239 g/mol. The van der Waals surface area contributed by atoms with E-state index in [-0.39, 0.29) is 5.82 Å². The molecule has 0 aromatic carbocycles. The largest absolute Gasteiger partial charge is 0.363 e. The van der Waals surface area contributed by atoms with E-state index in [1.807, 2.05) is 0 Å². The van der Waals surface area contributed by atoms with Gasteiger partial charge in [-0.25, -0.2) is 13.8 Å². The van der Waals surface area contributed by atoms with Crippen LogP contribution < -0.4 is 5.32 Å². The third-order valence-corrected chi connectivity index (χ3v) is 2.42. The normalized spacial score (nSPS) is 10.6. The first-order valence-electron chi connectivity index (χ1n) is 5.04. The topological polar surface area (TPSA) is 51.0 Å². The predicted octanol–water partition coefficient (Wildman–Crippen LogP) is 2.58. The Bertz CT molecular complexity index is 520. The zero-order valence-electron chi connectivity index (χ0n) is 9.42. The molecule has 2 aromatic heterocycles. The van der Waals surface area contributed by atoms with Gasteiger partial charge in [0, 0.05) is 18.2 Å². The summed E-state index contributed by atoms with van der Waals surface area (Å²) in [6, 6.07) is 0.780. The van der Waals surface area contributed by atoms with Crippen LogP contribution in [0, 0.1) is 25.5 Å². The average Bonchev–Trinajstić information content (AvgIpc) is 2.58. The van der Waals surface area contributed by atoms with Gasteiger partial charge in [0.2, 0.25) is 0 Å². The average molecular weight is 239 g/mol. The Morgan fingerprint density at radius 3 is 2.71 bits per heavy atom. The van der Waals surface area contributed by atoms with Crippen LogP contribution in [-0.2, 0) is 6.54 Å². The fourth-order valence-corrected chi connectivity index (χ4v) is 1.47. The lowest BCUT2D eigenvalue weighted by Crippen LogP contribution is -2.05. The van der Waals surface area contributed by atoms with Gasteiger partial charge in [0.15, 0.2) is 11.6 Å². The Labute approximate surface area is 96.6 Å². The van der Waals surface area contributed by atoms with E-state index in [4.69, 9.17) is 4.52 Å². The van der Waals surface area contributed by atoms with Crippen LogP contribution in [0.25, 0.3) is 0 Å². The van der Waals surface area contributed by atoms with Gasteiger partial charge in [-0.15, -0.1) is 0 Å². The van der Waals surface area contributed by atoms with Crippen molar-refractivity contribution in [1.29, 1.82) is 0 Å². The van der Waals surface area contributed by atoms with Crippen LogP contribution in [0.1, 0.15) is 17.0 Å². The van der Waals surface area contributed by atoms with Crippen molar-refractivity contribution in [3.05, 3.63) is 40.9 Å². The van der Waals surface area contributed by atoms with Gasteiger partial charge in [-0.1, -0.05) is 5.16 Å². The van der Waals surface area contributed by atoms with Crippen LogP contribution in [-0.4, -0.2) is 10.1 Å². The van der Waals surface area contributed by atoms with E-state index in [2.05, 4.69) is 15.5 Å². The first kappa shape index (κ1) is 11.5. The van der Waals surface area contributed by atoms with Crippen molar-refractivity contribution in [1.82, 2.24) is 10.1 Å². The van der Waals surface area contributed by atoms with Gasteiger partial charge < -0.3 is 9.84 Å². The van der Waals surface area contributed by atoms with Crippen LogP contribution in [0.2, 0.25) is 0 Å². The molecule has 0 radical (unpaired) electrons. The van der Waals surface area contributed by atoms with E-state index >= 15 is 0 Å². The second-order valence-corrected chi connectivity index (χ2v) is 3.64. The molecule has 0 saturated heterocycles. The van der Waals surface area contributed by atoms with Crippen LogP contribution in [0.3, 0.4) is 0 Å². The molecule has 17 heavy (non-hydrogen) atoms. The summed E-state index contributed by atoms with van der Waals surface area (Å²) < 4.78 is 30.9. The third-order valence-electron chi connectivity index (χ3n) is 2.42. The number of aromatic nitrogens is 2. The number of nitrogens with one attached hydrogen (secondary N) is 1. The molecule has 0 spiro atoms. The molecular weight excluding hydrogens is 228 g/mol. The molecule has 2 heterocycles. The molecule has 2 aromatic rings. The smallest absolute Gasteiger partial charge is 0.168 e. The van der Waals surface area contributed by atoms with E-state index in [9.17, 15) is 8.78 Å². The maximum Gasteiger partial charge on any atom is 0.168 e. The zero-order valence-corrected chi connectivity index (χ0v) is 9.42. The minimum atomic E-state index is -0.725. The summed E-state index contributed by atoms with van der Waals surface area (Å²) in [5.74, 6) is -0.758. The Kier molecular flexibility index (Phi) is 3.03. The molecule has 2 rings (SSSR count). The van der Waals surface area contributed by atoms with E-state index < -0.39 is 11.6 Å². The number of aryl methyl sites for hydroxylation is 2. The minimum Gasteiger partial charge on any atom is -0.363 e. The van der Waals surface area contributed by atoms with Gasteiger partial charge in [-0.05, 0) is 13.8 Å². The number of anilines is 1. The van der Waals surface area contributed by atoms with Crippen molar-refractivity contribution in [3.63, 3.8) is 0 Å². The summed E-state index contributed by atoms with van der Waals surface area (Å²) in [7, 11) is 0. The summed E-state index contributed by atoms with van der Waals surface area (Å²) in [4.78, 5) is 3.62. The highest BCUT2D eigenvalue weighted by Crippen LogP contribution is 2.16. The lowest BCUT2D eigenvalue weighted by Gasteiger charge is -2.05. The SMILES string of the molecule is Cc1noc(C)c1CNc1ncc(F)cc1F. The standard InChI is InChI=1S/C11H11F2N3O/c1-6-9(7(2)17-16-6)5-15-11-10(13)3-8(12)4-14-11/h3-4H,5H2,1-2H3,(H,14,15). The van der Waals surface area contributed by atoms with E-state index in [0.29, 0.717) is 12.3 Å². The van der Waals surface area contributed by atoms with Gasteiger partial charge >= 0.3 is 0 Å². The molecule has 4 nitrogen and oxygen atoms in total. The molecule has 0 aliphatic rings. The molecule has 6 heteroatoms. The fourth-order valence-electron chi connectivity index (χ4n) is 1.47. The molecule has 0 aliphatic carbocycles. The number of hydrogen-bond acceptors (Lipinski definition) is 4. The van der Waals surface area contributed by atoms with Gasteiger partial charge in [-0.3, -0.25) is 0 Å². The highest BCUT2D eigenvalue weighted by molar-refractivity contribution is 5.37. The number of nitrogens with zero attached hydrogens (tertiary/aromatic N) is 2. The molecule has 90 valence electrons. The summed E-state index contributed by atoms with van der Waals surface area (Å²) in [6.45, 7) is 3.89. The Morgan fingerprint density at radius 1 is 1.35 bits per heavy atom. The van der Waals surface area contributed by atoms with Crippen LogP contribution in [0.4, 0.5) is 14.6 Å². The summed E-state index contributed by atoms with van der Waals surface area (Å²) in [6.07, 6.45) is 0.957. The number of pyridine rings is 1. The molecule has 0 unspecified atom stereocenters. The number of rotatable bonds is 3. The van der Waals surface area contributed by atoms with Crippen molar-refractivity contribution in [3.8, 4) is 0 Å². The van der Waals surface area contributed by atoms with Crippen molar-refractivity contribution in [2.75, 3.05) is 5.32 Å². The third kappa shape index (κ3) is 2.41. The van der Waals surface area contributed by atoms with Gasteiger partial charge in [-0.2, -0.15) is 0 Å². The van der Waals surface area contributed by atoms with Crippen molar-refractivity contribution in [2.24, 2.45) is 0 Å². The molecule has 1 N–H and O–H groups in total. The molecule has 0 saturated carbocycles. The van der Waals surface area contributed by atoms with Crippen molar-refractivity contribution >= 4 is 5.82 Å². The first-order chi connectivity index (χ1) is 8.08. The van der Waals surface area contributed by atoms with Crippen molar-refractivity contribution in [2.45, 2.75) is 20.4 Å². The maximum absolute atomic E-state index is 13.3. The first-order valence-corrected chi connectivity index (χ1v) is 5.04. The Hall–Kier alpha value is -1.98. The second-order valence-electron chi connectivity index (χ2n) is 3.64. The number of hydrogen-bond donors (Lipinski definition) is 1. The zero-order chi connectivity index (χ0) is 12.4. The Morgan fingerprint density at radius 2 is 2.12 bits per heavy atom. The van der Waals surface area contributed by atoms with E-state index in [1.165, 1.54) is 0 Å². The summed E-state index contributed by atoms with van der Waals surface area (Å²) in [5.41, 5.74) is 1.58. The Balaban J connectivity index is 2.13. The molecule has 0 atom stereocenters. The minimum absolute atomic E-state index is 0.00593. The number of halogens is 2. The predicted molar refractivity (Wildman–Crippen MR) is 57.5 cm³/mol. The van der Waals surface area contributed by atoms with E-state index in [0.717, 1.165) is 23.5 Å². The quantitative estimate of drug-likeness (QED) is 0.894. The van der Waals surface area contributed by atoms with Gasteiger partial charge in [0.25, 0.3) is 0 Å². The van der Waals surface area contributed by atoms with Crippen LogP contribution in [0.15, 0.2) is 16.8 Å². The molecule has 0 amide bonds. The van der Waals surface area contributed by atoms with Crippen LogP contribution in [0.5, 0.6) is 0 Å². The van der Waals surface area contributed by atoms with Crippen LogP contribution >= 0.6 is 0 Å². The van der Waals surface area contributed by atoms with Gasteiger partial charge in [0.1, 0.15) is 11.6 Å².